The lowest BCUT2D eigenvalue weighted by Crippen LogP contribution is -2.54. The van der Waals surface area contributed by atoms with Gasteiger partial charge in [0.05, 0.1) is 18.7 Å². The maximum absolute atomic E-state index is 13.4. The van der Waals surface area contributed by atoms with Gasteiger partial charge in [0, 0.05) is 5.56 Å². The van der Waals surface area contributed by atoms with E-state index in [9.17, 15) is 24.0 Å². The van der Waals surface area contributed by atoms with Crippen LogP contribution < -0.4 is 10.6 Å². The quantitative estimate of drug-likeness (QED) is 0.324. The number of ether oxygens (including phenoxy) is 1. The number of fused-ring (bicyclic) bond motifs is 1. The van der Waals surface area contributed by atoms with Crippen molar-refractivity contribution in [1.82, 2.24) is 10.6 Å². The summed E-state index contributed by atoms with van der Waals surface area (Å²) in [5, 5.41) is 15.4. The van der Waals surface area contributed by atoms with Crippen molar-refractivity contribution in [2.45, 2.75) is 50.2 Å². The van der Waals surface area contributed by atoms with Crippen LogP contribution in [-0.4, -0.2) is 57.9 Å². The number of esters is 1. The zero-order valence-corrected chi connectivity index (χ0v) is 20.0. The van der Waals surface area contributed by atoms with E-state index >= 15 is 0 Å². The van der Waals surface area contributed by atoms with Crippen molar-refractivity contribution < 1.29 is 28.8 Å². The minimum absolute atomic E-state index is 0.0161. The summed E-state index contributed by atoms with van der Waals surface area (Å²) in [7, 11) is 0. The molecule has 2 aromatic carbocycles. The van der Waals surface area contributed by atoms with E-state index in [0.717, 1.165) is 16.7 Å². The summed E-state index contributed by atoms with van der Waals surface area (Å²) in [6, 6.07) is 13.0. The van der Waals surface area contributed by atoms with Gasteiger partial charge < -0.3 is 14.4 Å². The molecule has 0 aromatic heterocycles. The number of nitrogens with one attached hydrogen (secondary N) is 2. The third kappa shape index (κ3) is 6.66. The number of ketones is 1. The molecule has 1 heterocycles. The predicted octanol–water partition coefficient (Wildman–Crippen LogP) is 1.75. The van der Waals surface area contributed by atoms with Crippen molar-refractivity contribution in [3.05, 3.63) is 71.3 Å². The molecule has 3 N–H and O–H groups in total. The molecule has 0 aliphatic carbocycles. The van der Waals surface area contributed by atoms with E-state index in [1.54, 1.807) is 26.0 Å². The van der Waals surface area contributed by atoms with Crippen molar-refractivity contribution in [3.63, 3.8) is 0 Å². The molecule has 5 atom stereocenters. The van der Waals surface area contributed by atoms with Gasteiger partial charge in [-0.3, -0.25) is 25.0 Å². The van der Waals surface area contributed by atoms with E-state index < -0.39 is 47.3 Å². The molecule has 1 aliphatic rings. The number of carboxylic acid groups (broad SMARTS) is 1. The fraction of sp³-hybridized carbons (Fsp3) is 0.400. The van der Waals surface area contributed by atoms with Gasteiger partial charge in [-0.05, 0) is 42.6 Å². The van der Waals surface area contributed by atoms with Crippen LogP contribution in [-0.2, 0) is 42.5 Å². The number of carbonyl (C=O) groups is 3. The van der Waals surface area contributed by atoms with Gasteiger partial charge >= 0.3 is 11.9 Å². The van der Waals surface area contributed by atoms with Crippen LogP contribution in [0.5, 0.6) is 0 Å². The summed E-state index contributed by atoms with van der Waals surface area (Å²) in [6.07, 6.45) is 0.279. The van der Waals surface area contributed by atoms with Crippen LogP contribution in [0.25, 0.3) is 0 Å². The number of hydrogen-bond acceptors (Lipinski definition) is 7. The Morgan fingerprint density at radius 1 is 1.18 bits per heavy atom. The predicted molar refractivity (Wildman–Crippen MR) is 129 cm³/mol. The number of benzene rings is 2. The fourth-order valence-corrected chi connectivity index (χ4v) is 5.32. The molecule has 34 heavy (non-hydrogen) atoms. The first kappa shape index (κ1) is 25.9. The van der Waals surface area contributed by atoms with Crippen LogP contribution in [0.2, 0.25) is 0 Å². The summed E-state index contributed by atoms with van der Waals surface area (Å²) in [5.41, 5.74) is 2.40. The lowest BCUT2D eigenvalue weighted by molar-refractivity contribution is -0.145. The van der Waals surface area contributed by atoms with E-state index in [1.165, 1.54) is 0 Å². The Kier molecular flexibility index (Phi) is 9.23. The minimum atomic E-state index is -1.38. The second-order valence-electron chi connectivity index (χ2n) is 8.23. The molecule has 0 saturated heterocycles. The second kappa shape index (κ2) is 12.1. The smallest absolute Gasteiger partial charge is 0.328 e. The number of Topliss-reactive ketones (excluding diaryl/α,β-unsaturated/α-hetero) is 1. The zero-order chi connectivity index (χ0) is 24.7. The molecule has 4 unspecified atom stereocenters. The van der Waals surface area contributed by atoms with Crippen LogP contribution in [0.1, 0.15) is 36.6 Å². The van der Waals surface area contributed by atoms with Gasteiger partial charge in [0.1, 0.15) is 17.5 Å². The molecule has 0 spiro atoms. The highest BCUT2D eigenvalue weighted by atomic mass is 32.2. The van der Waals surface area contributed by atoms with Gasteiger partial charge in [0.25, 0.3) is 0 Å². The lowest BCUT2D eigenvalue weighted by Gasteiger charge is -2.32. The molecule has 182 valence electrons. The van der Waals surface area contributed by atoms with E-state index in [2.05, 4.69) is 10.6 Å². The first-order chi connectivity index (χ1) is 16.3. The van der Waals surface area contributed by atoms with Crippen LogP contribution in [0.15, 0.2) is 54.6 Å². The summed E-state index contributed by atoms with van der Waals surface area (Å²) < 4.78 is 17.9. The Balaban J connectivity index is 1.73. The number of rotatable bonds is 11. The molecule has 8 nitrogen and oxygen atoms in total. The van der Waals surface area contributed by atoms with Crippen LogP contribution in [0.3, 0.4) is 0 Å². The van der Waals surface area contributed by atoms with E-state index in [0.29, 0.717) is 0 Å². The summed E-state index contributed by atoms with van der Waals surface area (Å²) in [5.74, 6) is -1.66. The number of carboxylic acids is 1. The largest absolute Gasteiger partial charge is 0.616 e. The molecular formula is C25H30N2O6S. The summed E-state index contributed by atoms with van der Waals surface area (Å²) >= 11 is -1.38. The van der Waals surface area contributed by atoms with Gasteiger partial charge in [-0.25, -0.2) is 0 Å². The van der Waals surface area contributed by atoms with Crippen LogP contribution in [0, 0.1) is 0 Å². The first-order valence-corrected chi connectivity index (χ1v) is 12.7. The highest BCUT2D eigenvalue weighted by Crippen LogP contribution is 2.27. The highest BCUT2D eigenvalue weighted by molar-refractivity contribution is 7.90. The highest BCUT2D eigenvalue weighted by Gasteiger charge is 2.37. The third-order valence-electron chi connectivity index (χ3n) is 5.71. The molecule has 0 fully saturated rings. The molecule has 0 radical (unpaired) electrons. The molecule has 3 rings (SSSR count). The van der Waals surface area contributed by atoms with E-state index in [-0.39, 0.29) is 30.3 Å². The normalized spacial score (nSPS) is 20.0. The van der Waals surface area contributed by atoms with Gasteiger partial charge in [-0.15, -0.1) is 0 Å². The number of carbonyl (C=O) groups excluding carboxylic acids is 2. The number of aliphatic carboxylic acids is 1. The van der Waals surface area contributed by atoms with E-state index in [1.807, 2.05) is 42.5 Å². The van der Waals surface area contributed by atoms with Crippen LogP contribution in [0.4, 0.5) is 0 Å². The zero-order valence-electron chi connectivity index (χ0n) is 19.2. The third-order valence-corrected chi connectivity index (χ3v) is 7.07. The Hall–Kier alpha value is -2.72. The van der Waals surface area contributed by atoms with Gasteiger partial charge in [-0.2, -0.15) is 0 Å². The molecule has 0 bridgehead atoms. The van der Waals surface area contributed by atoms with Gasteiger partial charge in [0.2, 0.25) is 0 Å². The van der Waals surface area contributed by atoms with Crippen molar-refractivity contribution in [2.24, 2.45) is 0 Å². The van der Waals surface area contributed by atoms with Crippen molar-refractivity contribution in [2.75, 3.05) is 12.4 Å². The lowest BCUT2D eigenvalue weighted by atomic mass is 9.86. The van der Waals surface area contributed by atoms with Crippen molar-refractivity contribution >= 4 is 28.9 Å². The molecule has 1 aliphatic heterocycles. The Morgan fingerprint density at radius 3 is 2.53 bits per heavy atom. The second-order valence-corrected chi connectivity index (χ2v) is 9.73. The Labute approximate surface area is 202 Å². The van der Waals surface area contributed by atoms with Gasteiger partial charge in [0.15, 0.2) is 11.8 Å². The molecule has 0 amide bonds. The van der Waals surface area contributed by atoms with Crippen molar-refractivity contribution in [3.8, 4) is 0 Å². The maximum atomic E-state index is 13.4. The fourth-order valence-electron chi connectivity index (χ4n) is 4.03. The molecule has 9 heteroatoms. The molecule has 2 aromatic rings. The topological polar surface area (TPSA) is 128 Å². The Morgan fingerprint density at radius 2 is 1.85 bits per heavy atom. The molecule has 0 saturated carbocycles. The van der Waals surface area contributed by atoms with Crippen molar-refractivity contribution in [1.29, 1.82) is 0 Å². The average molecular weight is 487 g/mol. The average Bonchev–Trinajstić information content (AvgIpc) is 2.83. The summed E-state index contributed by atoms with van der Waals surface area (Å²) in [6.45, 7) is 3.45. The monoisotopic (exact) mass is 486 g/mol. The standard InChI is InChI=1S/C25H30N2O6S/c1-3-33-25(31)21(15-34(32)14-17-9-5-4-6-10-17)26-16(2)23(28)22-19-12-8-7-11-18(19)13-20(27-22)24(29)30/h4-12,16,20-22,26-27H,3,13-15H2,1-2H3,(H,29,30)/t16-,20?,21?,22?,34?/m0/s1. The number of hydrogen-bond donors (Lipinski definition) is 3. The first-order valence-electron chi connectivity index (χ1n) is 11.2. The maximum Gasteiger partial charge on any atom is 0.328 e. The Bertz CT molecular complexity index is 1000. The summed E-state index contributed by atoms with van der Waals surface area (Å²) in [4.78, 5) is 37.6. The minimum Gasteiger partial charge on any atom is -0.616 e. The van der Waals surface area contributed by atoms with Gasteiger partial charge in [-0.1, -0.05) is 54.6 Å². The van der Waals surface area contributed by atoms with Crippen LogP contribution >= 0.6 is 0 Å². The van der Waals surface area contributed by atoms with E-state index in [4.69, 9.17) is 4.74 Å². The molecular weight excluding hydrogens is 456 g/mol. The SMILES string of the molecule is CCOC(=O)C(C[S+]([O-])Cc1ccccc1)N[C@@H](C)C(=O)C1NC(C(=O)O)Cc2ccccc21.